The van der Waals surface area contributed by atoms with Crippen molar-refractivity contribution in [2.75, 3.05) is 0 Å². The molecule has 1 unspecified atom stereocenters. The van der Waals surface area contributed by atoms with Gasteiger partial charge in [-0.1, -0.05) is 13.0 Å². The van der Waals surface area contributed by atoms with Gasteiger partial charge in [-0.25, -0.2) is 4.39 Å². The van der Waals surface area contributed by atoms with E-state index in [0.717, 1.165) is 5.56 Å². The SMILES string of the molecule is CC(F)c1ncccc1C1(C)CC1. The molecule has 1 saturated carbocycles. The first-order valence-electron chi connectivity index (χ1n) is 4.73. The number of hydrogen-bond acceptors (Lipinski definition) is 1. The summed E-state index contributed by atoms with van der Waals surface area (Å²) in [6, 6.07) is 3.90. The van der Waals surface area contributed by atoms with E-state index in [-0.39, 0.29) is 5.41 Å². The molecule has 0 spiro atoms. The highest BCUT2D eigenvalue weighted by Crippen LogP contribution is 2.49. The van der Waals surface area contributed by atoms with Gasteiger partial charge in [-0.3, -0.25) is 4.98 Å². The zero-order valence-electron chi connectivity index (χ0n) is 8.05. The van der Waals surface area contributed by atoms with Gasteiger partial charge in [0.05, 0.1) is 5.69 Å². The number of alkyl halides is 1. The third-order valence-electron chi connectivity index (χ3n) is 2.87. The Labute approximate surface area is 78.0 Å². The van der Waals surface area contributed by atoms with E-state index in [4.69, 9.17) is 0 Å². The molecule has 1 atom stereocenters. The molecule has 70 valence electrons. The van der Waals surface area contributed by atoms with E-state index in [1.54, 1.807) is 13.1 Å². The molecule has 0 aliphatic heterocycles. The fraction of sp³-hybridized carbons (Fsp3) is 0.545. The van der Waals surface area contributed by atoms with Gasteiger partial charge < -0.3 is 0 Å². The van der Waals surface area contributed by atoms with Gasteiger partial charge in [-0.2, -0.15) is 0 Å². The van der Waals surface area contributed by atoms with Crippen LogP contribution in [0.5, 0.6) is 0 Å². The summed E-state index contributed by atoms with van der Waals surface area (Å²) < 4.78 is 13.2. The second kappa shape index (κ2) is 2.79. The van der Waals surface area contributed by atoms with Crippen LogP contribution in [-0.2, 0) is 5.41 Å². The Morgan fingerprint density at radius 2 is 2.23 bits per heavy atom. The Morgan fingerprint density at radius 3 is 2.77 bits per heavy atom. The molecule has 1 aliphatic carbocycles. The smallest absolute Gasteiger partial charge is 0.139 e. The molecule has 0 saturated heterocycles. The second-order valence-electron chi connectivity index (χ2n) is 4.11. The second-order valence-corrected chi connectivity index (χ2v) is 4.11. The summed E-state index contributed by atoms with van der Waals surface area (Å²) in [4.78, 5) is 4.11. The van der Waals surface area contributed by atoms with E-state index >= 15 is 0 Å². The molecular formula is C11H14FN. The molecule has 0 bridgehead atoms. The van der Waals surface area contributed by atoms with Crippen LogP contribution in [0, 0.1) is 0 Å². The van der Waals surface area contributed by atoms with Crippen LogP contribution in [-0.4, -0.2) is 4.98 Å². The molecule has 2 heteroatoms. The molecule has 2 rings (SSSR count). The van der Waals surface area contributed by atoms with E-state index in [1.807, 2.05) is 12.1 Å². The first kappa shape index (κ1) is 8.67. The van der Waals surface area contributed by atoms with Crippen LogP contribution in [0.3, 0.4) is 0 Å². The predicted octanol–water partition coefficient (Wildman–Crippen LogP) is 3.16. The average molecular weight is 179 g/mol. The van der Waals surface area contributed by atoms with Gasteiger partial charge in [0.2, 0.25) is 0 Å². The van der Waals surface area contributed by atoms with Crippen molar-refractivity contribution in [2.45, 2.75) is 38.3 Å². The van der Waals surface area contributed by atoms with Crippen molar-refractivity contribution in [1.82, 2.24) is 4.98 Å². The molecule has 0 N–H and O–H groups in total. The maximum Gasteiger partial charge on any atom is 0.139 e. The lowest BCUT2D eigenvalue weighted by Crippen LogP contribution is -2.07. The minimum Gasteiger partial charge on any atom is -0.258 e. The van der Waals surface area contributed by atoms with Crippen LogP contribution in [0.1, 0.15) is 44.1 Å². The van der Waals surface area contributed by atoms with Crippen molar-refractivity contribution in [2.24, 2.45) is 0 Å². The van der Waals surface area contributed by atoms with Crippen LogP contribution in [0.2, 0.25) is 0 Å². The maximum atomic E-state index is 13.2. The third kappa shape index (κ3) is 1.45. The Kier molecular flexibility index (Phi) is 1.86. The lowest BCUT2D eigenvalue weighted by Gasteiger charge is -2.14. The van der Waals surface area contributed by atoms with Gasteiger partial charge in [0, 0.05) is 6.20 Å². The molecule has 0 radical (unpaired) electrons. The van der Waals surface area contributed by atoms with Crippen LogP contribution in [0.4, 0.5) is 4.39 Å². The van der Waals surface area contributed by atoms with Crippen LogP contribution in [0.25, 0.3) is 0 Å². The largest absolute Gasteiger partial charge is 0.258 e. The molecule has 1 nitrogen and oxygen atoms in total. The zero-order chi connectivity index (χ0) is 9.47. The van der Waals surface area contributed by atoms with Crippen LogP contribution >= 0.6 is 0 Å². The van der Waals surface area contributed by atoms with Crippen molar-refractivity contribution < 1.29 is 4.39 Å². The number of aromatic nitrogens is 1. The molecular weight excluding hydrogens is 165 g/mol. The van der Waals surface area contributed by atoms with Crippen molar-refractivity contribution >= 4 is 0 Å². The highest BCUT2D eigenvalue weighted by molar-refractivity contribution is 5.34. The fourth-order valence-corrected chi connectivity index (χ4v) is 1.70. The lowest BCUT2D eigenvalue weighted by atomic mass is 9.95. The summed E-state index contributed by atoms with van der Waals surface area (Å²) >= 11 is 0. The Morgan fingerprint density at radius 1 is 1.54 bits per heavy atom. The van der Waals surface area contributed by atoms with E-state index in [0.29, 0.717) is 5.69 Å². The van der Waals surface area contributed by atoms with E-state index in [2.05, 4.69) is 11.9 Å². The lowest BCUT2D eigenvalue weighted by molar-refractivity contribution is 0.361. The molecule has 0 amide bonds. The zero-order valence-corrected chi connectivity index (χ0v) is 8.05. The van der Waals surface area contributed by atoms with E-state index in [1.165, 1.54) is 12.8 Å². The molecule has 13 heavy (non-hydrogen) atoms. The fourth-order valence-electron chi connectivity index (χ4n) is 1.70. The Balaban J connectivity index is 2.44. The predicted molar refractivity (Wildman–Crippen MR) is 50.3 cm³/mol. The highest BCUT2D eigenvalue weighted by atomic mass is 19.1. The summed E-state index contributed by atoms with van der Waals surface area (Å²) in [5.74, 6) is 0. The molecule has 0 aromatic carbocycles. The molecule has 1 fully saturated rings. The van der Waals surface area contributed by atoms with Gasteiger partial charge in [0.15, 0.2) is 0 Å². The standard InChI is InChI=1S/C11H14FN/c1-8(12)10-9(4-3-7-13-10)11(2)5-6-11/h3-4,7-8H,5-6H2,1-2H3. The number of rotatable bonds is 2. The summed E-state index contributed by atoms with van der Waals surface area (Å²) in [5, 5.41) is 0. The van der Waals surface area contributed by atoms with Gasteiger partial charge in [0.25, 0.3) is 0 Å². The monoisotopic (exact) mass is 179 g/mol. The normalized spacial score (nSPS) is 21.2. The van der Waals surface area contributed by atoms with Crippen LogP contribution in [0.15, 0.2) is 18.3 Å². The Bertz CT molecular complexity index is 316. The topological polar surface area (TPSA) is 12.9 Å². The van der Waals surface area contributed by atoms with Crippen molar-refractivity contribution in [3.8, 4) is 0 Å². The summed E-state index contributed by atoms with van der Waals surface area (Å²) in [7, 11) is 0. The van der Waals surface area contributed by atoms with Crippen LogP contribution < -0.4 is 0 Å². The molecule has 1 aromatic heterocycles. The minimum atomic E-state index is -0.950. The van der Waals surface area contributed by atoms with Gasteiger partial charge in [-0.05, 0) is 36.8 Å². The quantitative estimate of drug-likeness (QED) is 0.679. The van der Waals surface area contributed by atoms with E-state index in [9.17, 15) is 4.39 Å². The van der Waals surface area contributed by atoms with E-state index < -0.39 is 6.17 Å². The van der Waals surface area contributed by atoms with Gasteiger partial charge in [0.1, 0.15) is 6.17 Å². The van der Waals surface area contributed by atoms with Crippen molar-refractivity contribution in [3.63, 3.8) is 0 Å². The molecule has 1 aliphatic rings. The molecule has 1 heterocycles. The third-order valence-corrected chi connectivity index (χ3v) is 2.87. The summed E-state index contributed by atoms with van der Waals surface area (Å²) in [6.45, 7) is 3.73. The van der Waals surface area contributed by atoms with Crippen molar-refractivity contribution in [3.05, 3.63) is 29.6 Å². The summed E-state index contributed by atoms with van der Waals surface area (Å²) in [6.07, 6.45) is 3.05. The Hall–Kier alpha value is -0.920. The van der Waals surface area contributed by atoms with Gasteiger partial charge >= 0.3 is 0 Å². The first-order valence-corrected chi connectivity index (χ1v) is 4.73. The first-order chi connectivity index (χ1) is 6.13. The summed E-state index contributed by atoms with van der Waals surface area (Å²) in [5.41, 5.74) is 1.94. The number of halogens is 1. The highest BCUT2D eigenvalue weighted by Gasteiger charge is 2.41. The average Bonchev–Trinajstić information content (AvgIpc) is 2.85. The number of nitrogens with zero attached hydrogens (tertiary/aromatic N) is 1. The van der Waals surface area contributed by atoms with Crippen molar-refractivity contribution in [1.29, 1.82) is 0 Å². The van der Waals surface area contributed by atoms with Gasteiger partial charge in [-0.15, -0.1) is 0 Å². The number of pyridine rings is 1. The minimum absolute atomic E-state index is 0.212. The maximum absolute atomic E-state index is 13.2. The number of hydrogen-bond donors (Lipinski definition) is 0. The molecule has 1 aromatic rings.